The first-order valence-electron chi connectivity index (χ1n) is 5.96. The van der Waals surface area contributed by atoms with Crippen LogP contribution in [-0.4, -0.2) is 29.6 Å². The number of methoxy groups -OCH3 is 2. The fraction of sp³-hybridized carbons (Fsp3) is 0.385. The minimum Gasteiger partial charge on any atom is -0.493 e. The van der Waals surface area contributed by atoms with Crippen LogP contribution in [0.2, 0.25) is 0 Å². The Bertz CT molecular complexity index is 557. The number of rotatable bonds is 6. The molecule has 0 aliphatic heterocycles. The van der Waals surface area contributed by atoms with Crippen LogP contribution in [0.15, 0.2) is 16.8 Å². The van der Waals surface area contributed by atoms with E-state index in [1.165, 1.54) is 14.2 Å². The van der Waals surface area contributed by atoms with E-state index >= 15 is 0 Å². The van der Waals surface area contributed by atoms with Crippen LogP contribution in [0.1, 0.15) is 17.0 Å². The Labute approximate surface area is 116 Å². The summed E-state index contributed by atoms with van der Waals surface area (Å²) in [6.45, 7) is 1.85. The van der Waals surface area contributed by atoms with Gasteiger partial charge in [0, 0.05) is 0 Å². The van der Waals surface area contributed by atoms with E-state index in [9.17, 15) is 5.11 Å². The maximum absolute atomic E-state index is 9.20. The molecule has 1 N–H and O–H groups in total. The number of hydrogen-bond acceptors (Lipinski definition) is 7. The minimum absolute atomic E-state index is 0.112. The molecule has 108 valence electrons. The summed E-state index contributed by atoms with van der Waals surface area (Å²) >= 11 is 0. The molecular formula is C13H16N2O5. The fourth-order valence-electron chi connectivity index (χ4n) is 1.69. The highest BCUT2D eigenvalue weighted by Gasteiger charge is 2.15. The lowest BCUT2D eigenvalue weighted by Crippen LogP contribution is -2.02. The van der Waals surface area contributed by atoms with Gasteiger partial charge in [0.05, 0.1) is 20.8 Å². The Morgan fingerprint density at radius 2 is 1.80 bits per heavy atom. The van der Waals surface area contributed by atoms with Gasteiger partial charge in [-0.2, -0.15) is 0 Å². The number of hydrogen-bond donors (Lipinski definition) is 1. The lowest BCUT2D eigenvalue weighted by molar-refractivity contribution is 0.246. The fourth-order valence-corrected chi connectivity index (χ4v) is 1.69. The van der Waals surface area contributed by atoms with E-state index in [1.54, 1.807) is 19.1 Å². The molecule has 2 rings (SSSR count). The van der Waals surface area contributed by atoms with E-state index in [2.05, 4.69) is 14.9 Å². The molecule has 1 heterocycles. The highest BCUT2D eigenvalue weighted by Crippen LogP contribution is 2.39. The number of aliphatic hydroxyl groups excluding tert-OH is 1. The Balaban J connectivity index is 2.27. The van der Waals surface area contributed by atoms with Crippen molar-refractivity contribution in [2.24, 2.45) is 0 Å². The van der Waals surface area contributed by atoms with Gasteiger partial charge in [-0.3, -0.25) is 0 Å². The third kappa shape index (κ3) is 2.83. The van der Waals surface area contributed by atoms with Crippen LogP contribution in [0.5, 0.6) is 17.2 Å². The van der Waals surface area contributed by atoms with Crippen molar-refractivity contribution in [3.8, 4) is 17.2 Å². The first-order chi connectivity index (χ1) is 9.69. The van der Waals surface area contributed by atoms with Crippen LogP contribution in [0.4, 0.5) is 0 Å². The van der Waals surface area contributed by atoms with Crippen LogP contribution in [0.3, 0.4) is 0 Å². The van der Waals surface area contributed by atoms with Gasteiger partial charge in [0.1, 0.15) is 18.0 Å². The van der Waals surface area contributed by atoms with Crippen molar-refractivity contribution < 1.29 is 23.9 Å². The van der Waals surface area contributed by atoms with Crippen molar-refractivity contribution >= 4 is 0 Å². The molecule has 2 aromatic rings. The Hall–Kier alpha value is -2.28. The molecule has 0 saturated heterocycles. The molecule has 0 bridgehead atoms. The molecule has 0 spiro atoms. The van der Waals surface area contributed by atoms with Crippen LogP contribution >= 0.6 is 0 Å². The normalized spacial score (nSPS) is 10.4. The largest absolute Gasteiger partial charge is 0.493 e. The minimum atomic E-state index is -0.112. The van der Waals surface area contributed by atoms with Gasteiger partial charge >= 0.3 is 0 Å². The third-order valence-corrected chi connectivity index (χ3v) is 2.80. The van der Waals surface area contributed by atoms with Crippen molar-refractivity contribution in [2.75, 3.05) is 14.2 Å². The molecule has 0 aliphatic carbocycles. The van der Waals surface area contributed by atoms with E-state index in [0.29, 0.717) is 34.2 Å². The Morgan fingerprint density at radius 3 is 2.25 bits per heavy atom. The molecule has 0 aliphatic rings. The molecule has 0 fully saturated rings. The second-order valence-corrected chi connectivity index (χ2v) is 4.07. The predicted octanol–water partition coefficient (Wildman–Crippen LogP) is 1.47. The van der Waals surface area contributed by atoms with Crippen LogP contribution < -0.4 is 14.2 Å². The first-order valence-corrected chi connectivity index (χ1v) is 5.96. The molecule has 0 amide bonds. The van der Waals surface area contributed by atoms with Crippen molar-refractivity contribution in [3.05, 3.63) is 29.1 Å². The van der Waals surface area contributed by atoms with Crippen molar-refractivity contribution in [3.63, 3.8) is 0 Å². The maximum atomic E-state index is 9.20. The highest BCUT2D eigenvalue weighted by atomic mass is 16.6. The monoisotopic (exact) mass is 280 g/mol. The van der Waals surface area contributed by atoms with Crippen molar-refractivity contribution in [1.29, 1.82) is 0 Å². The molecule has 7 nitrogen and oxygen atoms in total. The van der Waals surface area contributed by atoms with Gasteiger partial charge in [-0.15, -0.1) is 0 Å². The zero-order valence-electron chi connectivity index (χ0n) is 11.5. The number of aryl methyl sites for hydroxylation is 1. The second-order valence-electron chi connectivity index (χ2n) is 4.07. The molecule has 0 atom stereocenters. The van der Waals surface area contributed by atoms with E-state index in [0.717, 1.165) is 0 Å². The summed E-state index contributed by atoms with van der Waals surface area (Å²) in [5, 5.41) is 16.6. The quantitative estimate of drug-likeness (QED) is 0.857. The number of ether oxygens (including phenoxy) is 3. The van der Waals surface area contributed by atoms with Crippen molar-refractivity contribution in [1.82, 2.24) is 10.3 Å². The van der Waals surface area contributed by atoms with E-state index in [1.807, 2.05) is 0 Å². The lowest BCUT2D eigenvalue weighted by atomic mass is 10.2. The van der Waals surface area contributed by atoms with Gasteiger partial charge in [0.25, 0.3) is 0 Å². The van der Waals surface area contributed by atoms with Crippen LogP contribution in [-0.2, 0) is 13.2 Å². The number of aliphatic hydroxyl groups is 1. The van der Waals surface area contributed by atoms with Gasteiger partial charge in [-0.05, 0) is 24.6 Å². The molecule has 0 radical (unpaired) electrons. The number of benzene rings is 1. The average Bonchev–Trinajstić information content (AvgIpc) is 2.89. The predicted molar refractivity (Wildman–Crippen MR) is 68.8 cm³/mol. The van der Waals surface area contributed by atoms with E-state index < -0.39 is 0 Å². The molecular weight excluding hydrogens is 264 g/mol. The summed E-state index contributed by atoms with van der Waals surface area (Å²) in [4.78, 5) is 0. The summed E-state index contributed by atoms with van der Waals surface area (Å²) in [5.74, 6) is 1.39. The standard InChI is InChI=1S/C13H16N2O5/c1-8-10(15-20-14-8)7-19-13-11(17-2)4-9(6-16)5-12(13)18-3/h4-5,16H,6-7H2,1-3H3. The number of nitrogens with zero attached hydrogens (tertiary/aromatic N) is 2. The lowest BCUT2D eigenvalue weighted by Gasteiger charge is -2.15. The first kappa shape index (κ1) is 14.1. The molecule has 0 unspecified atom stereocenters. The third-order valence-electron chi connectivity index (χ3n) is 2.80. The summed E-state index contributed by atoms with van der Waals surface area (Å²) in [6.07, 6.45) is 0. The van der Waals surface area contributed by atoms with Crippen LogP contribution in [0, 0.1) is 6.92 Å². The smallest absolute Gasteiger partial charge is 0.203 e. The van der Waals surface area contributed by atoms with Crippen LogP contribution in [0.25, 0.3) is 0 Å². The van der Waals surface area contributed by atoms with E-state index in [-0.39, 0.29) is 13.2 Å². The summed E-state index contributed by atoms with van der Waals surface area (Å²) in [5.41, 5.74) is 1.93. The zero-order chi connectivity index (χ0) is 14.5. The Kier molecular flexibility index (Phi) is 4.41. The SMILES string of the molecule is COc1cc(CO)cc(OC)c1OCc1nonc1C. The second kappa shape index (κ2) is 6.25. The maximum Gasteiger partial charge on any atom is 0.203 e. The molecule has 0 saturated carbocycles. The van der Waals surface area contributed by atoms with Gasteiger partial charge in [0.15, 0.2) is 11.5 Å². The van der Waals surface area contributed by atoms with Gasteiger partial charge in [0.2, 0.25) is 5.75 Å². The summed E-state index contributed by atoms with van der Waals surface area (Å²) < 4.78 is 20.8. The summed E-state index contributed by atoms with van der Waals surface area (Å²) in [7, 11) is 3.04. The molecule has 7 heteroatoms. The van der Waals surface area contributed by atoms with Crippen molar-refractivity contribution in [2.45, 2.75) is 20.1 Å². The molecule has 1 aromatic heterocycles. The topological polar surface area (TPSA) is 86.8 Å². The van der Waals surface area contributed by atoms with E-state index in [4.69, 9.17) is 14.2 Å². The van der Waals surface area contributed by atoms with Gasteiger partial charge < -0.3 is 19.3 Å². The average molecular weight is 280 g/mol. The molecule has 20 heavy (non-hydrogen) atoms. The molecule has 1 aromatic carbocycles. The Morgan fingerprint density at radius 1 is 1.15 bits per heavy atom. The van der Waals surface area contributed by atoms with Gasteiger partial charge in [-0.1, -0.05) is 10.3 Å². The summed E-state index contributed by atoms with van der Waals surface area (Å²) in [6, 6.07) is 3.37. The van der Waals surface area contributed by atoms with Gasteiger partial charge in [-0.25, -0.2) is 4.63 Å². The zero-order valence-corrected chi connectivity index (χ0v) is 11.5. The highest BCUT2D eigenvalue weighted by molar-refractivity contribution is 5.53. The number of aromatic nitrogens is 2.